The molecule has 0 aromatic heterocycles. The molecule has 1 atom stereocenters. The number of hydrogen-bond donors (Lipinski definition) is 2. The summed E-state index contributed by atoms with van der Waals surface area (Å²) in [4.78, 5) is 29.5. The molecule has 2 saturated heterocycles. The zero-order valence-electron chi connectivity index (χ0n) is 20.0. The topological polar surface area (TPSA) is 64.7 Å². The molecule has 2 fully saturated rings. The van der Waals surface area contributed by atoms with Gasteiger partial charge in [0, 0.05) is 36.7 Å². The molecule has 1 unspecified atom stereocenters. The van der Waals surface area contributed by atoms with E-state index >= 15 is 0 Å². The Morgan fingerprint density at radius 1 is 0.943 bits per heavy atom. The third-order valence-electron chi connectivity index (χ3n) is 6.86. The molecule has 2 aliphatic rings. The van der Waals surface area contributed by atoms with E-state index in [0.717, 1.165) is 55.9 Å². The first kappa shape index (κ1) is 24.9. The van der Waals surface area contributed by atoms with E-state index < -0.39 is 23.8 Å². The third kappa shape index (κ3) is 6.07. The fourth-order valence-corrected chi connectivity index (χ4v) is 4.55. The van der Waals surface area contributed by atoms with Crippen molar-refractivity contribution in [3.05, 3.63) is 54.1 Å². The Hall–Kier alpha value is -3.23. The van der Waals surface area contributed by atoms with Crippen LogP contribution in [0.3, 0.4) is 0 Å². The van der Waals surface area contributed by atoms with Crippen molar-refractivity contribution < 1.29 is 22.8 Å². The maximum Gasteiger partial charge on any atom is 0.416 e. The van der Waals surface area contributed by atoms with Crippen LogP contribution in [-0.2, 0) is 11.0 Å². The fourth-order valence-electron chi connectivity index (χ4n) is 4.55. The Bertz CT molecular complexity index is 1040. The molecule has 0 bridgehead atoms. The molecule has 0 radical (unpaired) electrons. The van der Waals surface area contributed by atoms with Crippen molar-refractivity contribution in [2.24, 2.45) is 5.41 Å². The van der Waals surface area contributed by atoms with E-state index in [4.69, 9.17) is 0 Å². The largest absolute Gasteiger partial charge is 0.416 e. The fraction of sp³-hybridized carbons (Fsp3) is 0.462. The molecule has 4 rings (SSSR count). The molecule has 0 saturated carbocycles. The quantitative estimate of drug-likeness (QED) is 0.585. The molecule has 2 aliphatic heterocycles. The number of hydrogen-bond acceptors (Lipinski definition) is 3. The number of alkyl halides is 3. The molecule has 188 valence electrons. The maximum absolute atomic E-state index is 13.1. The van der Waals surface area contributed by atoms with Gasteiger partial charge in [-0.1, -0.05) is 13.8 Å². The Kier molecular flexibility index (Phi) is 6.96. The number of benzene rings is 2. The summed E-state index contributed by atoms with van der Waals surface area (Å²) < 4.78 is 38.1. The number of anilines is 3. The number of amides is 3. The lowest BCUT2D eigenvalue weighted by atomic mass is 9.82. The zero-order valence-corrected chi connectivity index (χ0v) is 20.0. The van der Waals surface area contributed by atoms with Crippen molar-refractivity contribution in [1.29, 1.82) is 0 Å². The minimum absolute atomic E-state index is 0.203. The Morgan fingerprint density at radius 3 is 2.14 bits per heavy atom. The molecule has 3 amide bonds. The van der Waals surface area contributed by atoms with Gasteiger partial charge in [-0.05, 0) is 79.6 Å². The number of carbonyl (C=O) groups excluding carboxylic acids is 2. The highest BCUT2D eigenvalue weighted by molar-refractivity contribution is 6.01. The lowest BCUT2D eigenvalue weighted by Crippen LogP contribution is -2.53. The molecule has 0 spiro atoms. The first-order valence-corrected chi connectivity index (χ1v) is 11.9. The lowest BCUT2D eigenvalue weighted by molar-refractivity contribution is -0.137. The summed E-state index contributed by atoms with van der Waals surface area (Å²) in [6, 6.07) is 10.8. The van der Waals surface area contributed by atoms with Crippen LogP contribution in [0, 0.1) is 5.41 Å². The summed E-state index contributed by atoms with van der Waals surface area (Å²) in [7, 11) is 0. The predicted octanol–water partition coefficient (Wildman–Crippen LogP) is 5.65. The second-order valence-electron chi connectivity index (χ2n) is 10.0. The summed E-state index contributed by atoms with van der Waals surface area (Å²) >= 11 is 0. The highest BCUT2D eigenvalue weighted by Crippen LogP contribution is 2.33. The molecular formula is C26H31F3N4O2. The molecule has 2 aromatic carbocycles. The standard InChI is InChI=1S/C26H31F3N4O2/c1-25(2)13-16-32(17-14-25)20-9-11-21(12-10-20)33-15-3-4-22(23(33)34)31-24(35)30-19-7-5-18(6-8-19)26(27,28)29/h5-12,22H,3-4,13-17H2,1-2H3,(H2,30,31,35). The Balaban J connectivity index is 1.34. The van der Waals surface area contributed by atoms with Crippen molar-refractivity contribution in [3.8, 4) is 0 Å². The zero-order chi connectivity index (χ0) is 25.2. The highest BCUT2D eigenvalue weighted by Gasteiger charge is 2.32. The first-order valence-electron chi connectivity index (χ1n) is 11.9. The molecular weight excluding hydrogens is 457 g/mol. The second-order valence-corrected chi connectivity index (χ2v) is 10.0. The van der Waals surface area contributed by atoms with Gasteiger partial charge in [0.2, 0.25) is 5.91 Å². The number of urea groups is 1. The summed E-state index contributed by atoms with van der Waals surface area (Å²) in [5.41, 5.74) is 1.71. The smallest absolute Gasteiger partial charge is 0.371 e. The SMILES string of the molecule is CC1(C)CCN(c2ccc(N3CCCC(NC(=O)Nc4ccc(C(F)(F)F)cc4)C3=O)cc2)CC1. The van der Waals surface area contributed by atoms with E-state index in [0.29, 0.717) is 18.4 Å². The number of rotatable bonds is 4. The third-order valence-corrected chi connectivity index (χ3v) is 6.86. The number of piperidine rings is 2. The number of carbonyl (C=O) groups is 2. The van der Waals surface area contributed by atoms with Crippen molar-refractivity contribution >= 4 is 29.0 Å². The number of halogens is 3. The van der Waals surface area contributed by atoms with Gasteiger partial charge in [0.25, 0.3) is 0 Å². The van der Waals surface area contributed by atoms with Gasteiger partial charge in [-0.3, -0.25) is 4.79 Å². The Labute approximate surface area is 203 Å². The van der Waals surface area contributed by atoms with Gasteiger partial charge in [-0.2, -0.15) is 13.2 Å². The maximum atomic E-state index is 13.1. The number of nitrogens with zero attached hydrogens (tertiary/aromatic N) is 2. The van der Waals surface area contributed by atoms with Crippen LogP contribution < -0.4 is 20.4 Å². The van der Waals surface area contributed by atoms with Gasteiger partial charge < -0.3 is 20.4 Å². The summed E-state index contributed by atoms with van der Waals surface area (Å²) in [6.45, 7) is 7.17. The molecule has 2 aromatic rings. The van der Waals surface area contributed by atoms with E-state index in [-0.39, 0.29) is 11.6 Å². The van der Waals surface area contributed by atoms with Crippen LogP contribution in [0.5, 0.6) is 0 Å². The van der Waals surface area contributed by atoms with Gasteiger partial charge in [0.05, 0.1) is 5.56 Å². The van der Waals surface area contributed by atoms with Gasteiger partial charge in [0.1, 0.15) is 6.04 Å². The van der Waals surface area contributed by atoms with E-state index in [1.54, 1.807) is 4.90 Å². The van der Waals surface area contributed by atoms with Crippen LogP contribution >= 0.6 is 0 Å². The van der Waals surface area contributed by atoms with Crippen molar-refractivity contribution in [3.63, 3.8) is 0 Å². The van der Waals surface area contributed by atoms with Crippen molar-refractivity contribution in [2.75, 3.05) is 34.8 Å². The van der Waals surface area contributed by atoms with Gasteiger partial charge in [-0.15, -0.1) is 0 Å². The lowest BCUT2D eigenvalue weighted by Gasteiger charge is -2.38. The van der Waals surface area contributed by atoms with E-state index in [1.165, 1.54) is 12.1 Å². The van der Waals surface area contributed by atoms with Crippen molar-refractivity contribution in [1.82, 2.24) is 5.32 Å². The minimum atomic E-state index is -4.44. The van der Waals surface area contributed by atoms with Gasteiger partial charge >= 0.3 is 12.2 Å². The van der Waals surface area contributed by atoms with Crippen LogP contribution in [0.25, 0.3) is 0 Å². The predicted molar refractivity (Wildman–Crippen MR) is 131 cm³/mol. The van der Waals surface area contributed by atoms with E-state index in [9.17, 15) is 22.8 Å². The molecule has 6 nitrogen and oxygen atoms in total. The summed E-state index contributed by atoms with van der Waals surface area (Å²) in [6.07, 6.45) is -0.943. The van der Waals surface area contributed by atoms with E-state index in [2.05, 4.69) is 29.4 Å². The van der Waals surface area contributed by atoms with Crippen LogP contribution in [0.15, 0.2) is 48.5 Å². The first-order chi connectivity index (χ1) is 16.5. The van der Waals surface area contributed by atoms with E-state index in [1.807, 2.05) is 24.3 Å². The number of nitrogens with one attached hydrogen (secondary N) is 2. The average molecular weight is 489 g/mol. The van der Waals surface area contributed by atoms with Crippen LogP contribution in [0.4, 0.5) is 35.0 Å². The Morgan fingerprint density at radius 2 is 1.54 bits per heavy atom. The molecule has 2 N–H and O–H groups in total. The van der Waals surface area contributed by atoms with Gasteiger partial charge in [-0.25, -0.2) is 4.79 Å². The molecule has 9 heteroatoms. The monoisotopic (exact) mass is 488 g/mol. The average Bonchev–Trinajstić information content (AvgIpc) is 2.80. The van der Waals surface area contributed by atoms with Crippen LogP contribution in [-0.4, -0.2) is 37.6 Å². The van der Waals surface area contributed by atoms with Crippen molar-refractivity contribution in [2.45, 2.75) is 51.7 Å². The molecule has 0 aliphatic carbocycles. The molecule has 35 heavy (non-hydrogen) atoms. The second kappa shape index (κ2) is 9.79. The highest BCUT2D eigenvalue weighted by atomic mass is 19.4. The normalized spacial score (nSPS) is 20.5. The van der Waals surface area contributed by atoms with Crippen LogP contribution in [0.1, 0.15) is 45.1 Å². The molecule has 2 heterocycles. The summed E-state index contributed by atoms with van der Waals surface area (Å²) in [5, 5.41) is 5.16. The minimum Gasteiger partial charge on any atom is -0.371 e. The summed E-state index contributed by atoms with van der Waals surface area (Å²) in [5.74, 6) is -0.203. The van der Waals surface area contributed by atoms with Gasteiger partial charge in [0.15, 0.2) is 0 Å². The van der Waals surface area contributed by atoms with Crippen LogP contribution in [0.2, 0.25) is 0 Å².